The Hall–Kier alpha value is -2.42. The molecule has 0 spiro atoms. The van der Waals surface area contributed by atoms with Crippen molar-refractivity contribution >= 4 is 51.7 Å². The third-order valence-corrected chi connectivity index (χ3v) is 3.75. The van der Waals surface area contributed by atoms with E-state index in [-0.39, 0.29) is 11.3 Å². The van der Waals surface area contributed by atoms with E-state index in [2.05, 4.69) is 27.9 Å². The van der Waals surface area contributed by atoms with Crippen molar-refractivity contribution < 1.29 is 14.4 Å². The zero-order chi connectivity index (χ0) is 17.0. The molecule has 0 saturated carbocycles. The number of para-hydroxylation sites is 1. The molecule has 0 heterocycles. The Kier molecular flexibility index (Phi) is 5.32. The number of nitrogens with two attached hydrogens (primary N) is 1. The molecule has 0 saturated heterocycles. The SMILES string of the molecule is Cc1cc(I)ccc1NC(=O)C(=O)NC(=O)c1ccccc1N. The van der Waals surface area contributed by atoms with Crippen molar-refractivity contribution in [2.75, 3.05) is 11.1 Å². The van der Waals surface area contributed by atoms with Crippen LogP contribution in [0.4, 0.5) is 11.4 Å². The number of benzene rings is 2. The molecule has 0 unspecified atom stereocenters. The third kappa shape index (κ3) is 4.28. The fourth-order valence-electron chi connectivity index (χ4n) is 1.88. The molecular formula is C16H14IN3O3. The molecule has 2 rings (SSSR count). The third-order valence-electron chi connectivity index (χ3n) is 3.08. The molecule has 0 bridgehead atoms. The summed E-state index contributed by atoms with van der Waals surface area (Å²) in [4.78, 5) is 35.7. The molecule has 4 N–H and O–H groups in total. The average molecular weight is 423 g/mol. The Morgan fingerprint density at radius 1 is 1.04 bits per heavy atom. The number of anilines is 2. The molecule has 0 atom stereocenters. The molecule has 2 aromatic carbocycles. The van der Waals surface area contributed by atoms with Gasteiger partial charge in [0.05, 0.1) is 5.56 Å². The van der Waals surface area contributed by atoms with Crippen molar-refractivity contribution in [1.29, 1.82) is 0 Å². The molecule has 0 aliphatic carbocycles. The smallest absolute Gasteiger partial charge is 0.316 e. The zero-order valence-electron chi connectivity index (χ0n) is 12.2. The van der Waals surface area contributed by atoms with E-state index in [9.17, 15) is 14.4 Å². The van der Waals surface area contributed by atoms with E-state index in [0.717, 1.165) is 9.13 Å². The number of nitrogen functional groups attached to an aromatic ring is 1. The summed E-state index contributed by atoms with van der Waals surface area (Å²) in [5.74, 6) is -2.68. The van der Waals surface area contributed by atoms with Crippen LogP contribution in [0.5, 0.6) is 0 Å². The highest BCUT2D eigenvalue weighted by molar-refractivity contribution is 14.1. The second-order valence-electron chi connectivity index (χ2n) is 4.78. The highest BCUT2D eigenvalue weighted by atomic mass is 127. The molecule has 0 aliphatic heterocycles. The maximum Gasteiger partial charge on any atom is 0.316 e. The standard InChI is InChI=1S/C16H14IN3O3/c1-9-8-10(17)6-7-13(9)19-15(22)16(23)20-14(21)11-4-2-3-5-12(11)18/h2-8H,18H2,1H3,(H,19,22)(H,20,21,23). The fourth-order valence-corrected chi connectivity index (χ4v) is 2.52. The van der Waals surface area contributed by atoms with E-state index in [1.54, 1.807) is 24.3 Å². The van der Waals surface area contributed by atoms with Crippen LogP contribution in [0.3, 0.4) is 0 Å². The number of carbonyl (C=O) groups is 3. The van der Waals surface area contributed by atoms with E-state index >= 15 is 0 Å². The van der Waals surface area contributed by atoms with Crippen molar-refractivity contribution in [2.24, 2.45) is 0 Å². The lowest BCUT2D eigenvalue weighted by Gasteiger charge is -2.09. The molecule has 118 valence electrons. The summed E-state index contributed by atoms with van der Waals surface area (Å²) in [5.41, 5.74) is 7.35. The Morgan fingerprint density at radius 2 is 1.74 bits per heavy atom. The molecule has 2 aromatic rings. The summed E-state index contributed by atoms with van der Waals surface area (Å²) in [6.45, 7) is 1.81. The molecule has 7 heteroatoms. The van der Waals surface area contributed by atoms with Gasteiger partial charge < -0.3 is 11.1 Å². The van der Waals surface area contributed by atoms with E-state index in [1.165, 1.54) is 12.1 Å². The average Bonchev–Trinajstić information content (AvgIpc) is 2.50. The van der Waals surface area contributed by atoms with Crippen LogP contribution < -0.4 is 16.4 Å². The van der Waals surface area contributed by atoms with Gasteiger partial charge >= 0.3 is 11.8 Å². The number of aryl methyl sites for hydroxylation is 1. The molecule has 23 heavy (non-hydrogen) atoms. The largest absolute Gasteiger partial charge is 0.398 e. The molecule has 0 fully saturated rings. The van der Waals surface area contributed by atoms with Crippen LogP contribution in [0.15, 0.2) is 42.5 Å². The van der Waals surface area contributed by atoms with Crippen LogP contribution >= 0.6 is 22.6 Å². The number of carbonyl (C=O) groups excluding carboxylic acids is 3. The lowest BCUT2D eigenvalue weighted by molar-refractivity contribution is -0.135. The number of nitrogens with one attached hydrogen (secondary N) is 2. The molecule has 0 aromatic heterocycles. The van der Waals surface area contributed by atoms with Crippen molar-refractivity contribution in [3.05, 3.63) is 57.2 Å². The fraction of sp³-hybridized carbons (Fsp3) is 0.0625. The predicted octanol–water partition coefficient (Wildman–Crippen LogP) is 2.08. The van der Waals surface area contributed by atoms with Crippen molar-refractivity contribution in [3.8, 4) is 0 Å². The van der Waals surface area contributed by atoms with Crippen molar-refractivity contribution in [3.63, 3.8) is 0 Å². The van der Waals surface area contributed by atoms with Gasteiger partial charge in [-0.25, -0.2) is 0 Å². The number of hydrogen-bond acceptors (Lipinski definition) is 4. The van der Waals surface area contributed by atoms with Gasteiger partial charge in [0.15, 0.2) is 0 Å². The maximum absolute atomic E-state index is 12.0. The van der Waals surface area contributed by atoms with E-state index in [4.69, 9.17) is 5.73 Å². The van der Waals surface area contributed by atoms with Gasteiger partial charge in [-0.1, -0.05) is 12.1 Å². The lowest BCUT2D eigenvalue weighted by Crippen LogP contribution is -2.39. The summed E-state index contributed by atoms with van der Waals surface area (Å²) in [6, 6.07) is 11.7. The zero-order valence-corrected chi connectivity index (χ0v) is 14.4. The van der Waals surface area contributed by atoms with Crippen LogP contribution in [0.2, 0.25) is 0 Å². The Morgan fingerprint density at radius 3 is 2.39 bits per heavy atom. The molecule has 0 radical (unpaired) electrons. The first-order valence-corrected chi connectivity index (χ1v) is 7.73. The van der Waals surface area contributed by atoms with E-state index in [0.29, 0.717) is 5.69 Å². The molecular weight excluding hydrogens is 409 g/mol. The first-order valence-electron chi connectivity index (χ1n) is 6.66. The highest BCUT2D eigenvalue weighted by Crippen LogP contribution is 2.17. The monoisotopic (exact) mass is 423 g/mol. The molecule has 3 amide bonds. The van der Waals surface area contributed by atoms with Crippen LogP contribution in [0.1, 0.15) is 15.9 Å². The number of amides is 3. The second-order valence-corrected chi connectivity index (χ2v) is 6.03. The number of halogens is 1. The highest BCUT2D eigenvalue weighted by Gasteiger charge is 2.19. The van der Waals surface area contributed by atoms with Crippen LogP contribution in [0, 0.1) is 10.5 Å². The number of imide groups is 1. The Labute approximate surface area is 146 Å². The quantitative estimate of drug-likeness (QED) is 0.391. The van der Waals surface area contributed by atoms with Gasteiger partial charge in [0.2, 0.25) is 0 Å². The Bertz CT molecular complexity index is 790. The van der Waals surface area contributed by atoms with Crippen molar-refractivity contribution in [1.82, 2.24) is 5.32 Å². The minimum atomic E-state index is -1.05. The normalized spacial score (nSPS) is 10.0. The number of hydrogen-bond donors (Lipinski definition) is 3. The first kappa shape index (κ1) is 16.9. The minimum absolute atomic E-state index is 0.138. The topological polar surface area (TPSA) is 101 Å². The van der Waals surface area contributed by atoms with Gasteiger partial charge in [-0.05, 0) is 65.4 Å². The van der Waals surface area contributed by atoms with E-state index in [1.807, 2.05) is 18.3 Å². The van der Waals surface area contributed by atoms with Crippen LogP contribution in [0.25, 0.3) is 0 Å². The summed E-state index contributed by atoms with van der Waals surface area (Å²) in [7, 11) is 0. The van der Waals surface area contributed by atoms with Gasteiger partial charge in [0.1, 0.15) is 0 Å². The van der Waals surface area contributed by atoms with E-state index < -0.39 is 17.7 Å². The van der Waals surface area contributed by atoms with Crippen LogP contribution in [-0.2, 0) is 9.59 Å². The van der Waals surface area contributed by atoms with Crippen LogP contribution in [-0.4, -0.2) is 17.7 Å². The maximum atomic E-state index is 12.0. The Balaban J connectivity index is 2.04. The van der Waals surface area contributed by atoms with Crippen molar-refractivity contribution in [2.45, 2.75) is 6.92 Å². The summed E-state index contributed by atoms with van der Waals surface area (Å²) < 4.78 is 1.01. The second kappa shape index (κ2) is 7.23. The number of rotatable bonds is 2. The summed E-state index contributed by atoms with van der Waals surface area (Å²) >= 11 is 2.15. The predicted molar refractivity (Wildman–Crippen MR) is 95.9 cm³/mol. The van der Waals surface area contributed by atoms with Gasteiger partial charge in [-0.3, -0.25) is 19.7 Å². The first-order chi connectivity index (χ1) is 10.9. The van der Waals surface area contributed by atoms with Gasteiger partial charge in [-0.15, -0.1) is 0 Å². The van der Waals surface area contributed by atoms with Gasteiger partial charge in [-0.2, -0.15) is 0 Å². The summed E-state index contributed by atoms with van der Waals surface area (Å²) in [6.07, 6.45) is 0. The van der Waals surface area contributed by atoms with Gasteiger partial charge in [0.25, 0.3) is 5.91 Å². The van der Waals surface area contributed by atoms with Gasteiger partial charge in [0, 0.05) is 14.9 Å². The molecule has 0 aliphatic rings. The minimum Gasteiger partial charge on any atom is -0.398 e. The molecule has 6 nitrogen and oxygen atoms in total. The lowest BCUT2D eigenvalue weighted by atomic mass is 10.1. The summed E-state index contributed by atoms with van der Waals surface area (Å²) in [5, 5.41) is 4.49.